The van der Waals surface area contributed by atoms with Gasteiger partial charge < -0.3 is 5.32 Å². The van der Waals surface area contributed by atoms with Crippen molar-refractivity contribution in [2.45, 2.75) is 33.6 Å². The van der Waals surface area contributed by atoms with Gasteiger partial charge in [0.05, 0.1) is 0 Å². The largest absolute Gasteiger partial charge is 0.311 e. The van der Waals surface area contributed by atoms with Gasteiger partial charge in [-0.25, -0.2) is 9.97 Å². The second-order valence-corrected chi connectivity index (χ2v) is 4.70. The molecule has 0 aliphatic rings. The van der Waals surface area contributed by atoms with Crippen LogP contribution in [0.1, 0.15) is 33.6 Å². The first-order valence-electron chi connectivity index (χ1n) is 5.03. The first-order chi connectivity index (χ1) is 6.97. The molecule has 0 atom stereocenters. The van der Waals surface area contributed by atoms with Gasteiger partial charge in [0, 0.05) is 12.6 Å². The van der Waals surface area contributed by atoms with Gasteiger partial charge in [0.1, 0.15) is 12.1 Å². The Hall–Kier alpha value is -1.45. The molecule has 4 nitrogen and oxygen atoms in total. The van der Waals surface area contributed by atoms with Crippen LogP contribution in [-0.4, -0.2) is 15.9 Å². The zero-order valence-electron chi connectivity index (χ0n) is 9.45. The number of aromatic nitrogens is 2. The summed E-state index contributed by atoms with van der Waals surface area (Å²) in [4.78, 5) is 19.2. The minimum Gasteiger partial charge on any atom is -0.311 e. The zero-order valence-corrected chi connectivity index (χ0v) is 9.45. The minimum atomic E-state index is 0.00336. The monoisotopic (exact) mass is 207 g/mol. The van der Waals surface area contributed by atoms with Crippen molar-refractivity contribution in [2.75, 3.05) is 5.32 Å². The molecule has 0 radical (unpaired) electrons. The van der Waals surface area contributed by atoms with Gasteiger partial charge in [0.15, 0.2) is 0 Å². The van der Waals surface area contributed by atoms with E-state index < -0.39 is 0 Å². The number of carbonyl (C=O) groups excluding carboxylic acids is 1. The molecular formula is C11H17N3O. The highest BCUT2D eigenvalue weighted by Crippen LogP contribution is 2.20. The summed E-state index contributed by atoms with van der Waals surface area (Å²) in [7, 11) is 0. The summed E-state index contributed by atoms with van der Waals surface area (Å²) in [6.45, 7) is 6.35. The van der Waals surface area contributed by atoms with Crippen molar-refractivity contribution in [1.29, 1.82) is 0 Å². The summed E-state index contributed by atoms with van der Waals surface area (Å²) in [5, 5.41) is 2.72. The number of nitrogens with zero attached hydrogens (tertiary/aromatic N) is 2. The lowest BCUT2D eigenvalue weighted by Gasteiger charge is -2.17. The molecule has 1 aromatic rings. The van der Waals surface area contributed by atoms with Crippen molar-refractivity contribution >= 4 is 11.7 Å². The minimum absolute atomic E-state index is 0.00336. The lowest BCUT2D eigenvalue weighted by molar-refractivity contribution is -0.116. The molecule has 4 heteroatoms. The van der Waals surface area contributed by atoms with E-state index in [2.05, 4.69) is 36.1 Å². The van der Waals surface area contributed by atoms with Crippen LogP contribution in [0.25, 0.3) is 0 Å². The van der Waals surface area contributed by atoms with E-state index in [1.807, 2.05) is 0 Å². The molecule has 15 heavy (non-hydrogen) atoms. The zero-order chi connectivity index (χ0) is 11.3. The topological polar surface area (TPSA) is 54.9 Å². The Balaban J connectivity index is 2.38. The van der Waals surface area contributed by atoms with E-state index in [1.54, 1.807) is 12.3 Å². The van der Waals surface area contributed by atoms with Crippen molar-refractivity contribution in [3.63, 3.8) is 0 Å². The summed E-state index contributed by atoms with van der Waals surface area (Å²) < 4.78 is 0. The van der Waals surface area contributed by atoms with Crippen molar-refractivity contribution in [3.8, 4) is 0 Å². The van der Waals surface area contributed by atoms with Crippen LogP contribution in [0.5, 0.6) is 0 Å². The fourth-order valence-corrected chi connectivity index (χ4v) is 1.06. The Kier molecular flexibility index (Phi) is 3.77. The number of anilines is 1. The molecule has 0 bridgehead atoms. The summed E-state index contributed by atoms with van der Waals surface area (Å²) in [6.07, 6.45) is 4.41. The van der Waals surface area contributed by atoms with Gasteiger partial charge in [-0.05, 0) is 17.9 Å². The van der Waals surface area contributed by atoms with Gasteiger partial charge in [0.2, 0.25) is 5.91 Å². The van der Waals surface area contributed by atoms with Gasteiger partial charge in [-0.3, -0.25) is 4.79 Å². The maximum Gasteiger partial charge on any atom is 0.225 e. The molecule has 1 amide bonds. The molecule has 0 aromatic carbocycles. The fourth-order valence-electron chi connectivity index (χ4n) is 1.06. The van der Waals surface area contributed by atoms with Gasteiger partial charge in [-0.15, -0.1) is 0 Å². The maximum absolute atomic E-state index is 11.5. The molecule has 0 fully saturated rings. The van der Waals surface area contributed by atoms with E-state index in [0.29, 0.717) is 12.2 Å². The Labute approximate surface area is 90.1 Å². The van der Waals surface area contributed by atoms with Gasteiger partial charge in [0.25, 0.3) is 0 Å². The summed E-state index contributed by atoms with van der Waals surface area (Å²) in [6, 6.07) is 1.68. The van der Waals surface area contributed by atoms with E-state index in [1.165, 1.54) is 6.33 Å². The van der Waals surface area contributed by atoms with Crippen LogP contribution in [0.3, 0.4) is 0 Å². The van der Waals surface area contributed by atoms with Crippen LogP contribution in [0, 0.1) is 5.41 Å². The van der Waals surface area contributed by atoms with E-state index in [4.69, 9.17) is 0 Å². The predicted octanol–water partition coefficient (Wildman–Crippen LogP) is 2.24. The third-order valence-corrected chi connectivity index (χ3v) is 1.95. The predicted molar refractivity (Wildman–Crippen MR) is 59.4 cm³/mol. The van der Waals surface area contributed by atoms with Crippen LogP contribution in [0.4, 0.5) is 5.82 Å². The Bertz CT molecular complexity index is 316. The molecular weight excluding hydrogens is 190 g/mol. The molecule has 0 aliphatic heterocycles. The summed E-state index contributed by atoms with van der Waals surface area (Å²) in [5.41, 5.74) is 0.184. The molecule has 0 unspecified atom stereocenters. The van der Waals surface area contributed by atoms with Crippen LogP contribution < -0.4 is 5.32 Å². The third-order valence-electron chi connectivity index (χ3n) is 1.95. The quantitative estimate of drug-likeness (QED) is 0.827. The molecule has 82 valence electrons. The lowest BCUT2D eigenvalue weighted by Crippen LogP contribution is -2.16. The second kappa shape index (κ2) is 4.87. The lowest BCUT2D eigenvalue weighted by atomic mass is 9.90. The van der Waals surface area contributed by atoms with E-state index >= 15 is 0 Å². The van der Waals surface area contributed by atoms with E-state index in [0.717, 1.165) is 6.42 Å². The highest BCUT2D eigenvalue weighted by Gasteiger charge is 2.12. The number of hydrogen-bond acceptors (Lipinski definition) is 3. The first-order valence-corrected chi connectivity index (χ1v) is 5.03. The number of rotatable bonds is 3. The number of hydrogen-bond donors (Lipinski definition) is 1. The molecule has 0 saturated carbocycles. The maximum atomic E-state index is 11.5. The SMILES string of the molecule is CC(C)(C)CCC(=O)Nc1ccncn1. The molecule has 0 spiro atoms. The van der Waals surface area contributed by atoms with Crippen molar-refractivity contribution < 1.29 is 4.79 Å². The van der Waals surface area contributed by atoms with Gasteiger partial charge in [-0.2, -0.15) is 0 Å². The summed E-state index contributed by atoms with van der Waals surface area (Å²) >= 11 is 0. The van der Waals surface area contributed by atoms with Gasteiger partial charge >= 0.3 is 0 Å². The molecule has 1 heterocycles. The average Bonchev–Trinajstić information content (AvgIpc) is 2.15. The first kappa shape index (κ1) is 11.6. The molecule has 1 aromatic heterocycles. The molecule has 0 saturated heterocycles. The van der Waals surface area contributed by atoms with Crippen LogP contribution in [0.2, 0.25) is 0 Å². The number of amides is 1. The van der Waals surface area contributed by atoms with Crippen LogP contribution in [0.15, 0.2) is 18.6 Å². The van der Waals surface area contributed by atoms with Crippen molar-refractivity contribution in [1.82, 2.24) is 9.97 Å². The molecule has 0 aliphatic carbocycles. The number of carbonyl (C=O) groups is 1. The average molecular weight is 207 g/mol. The molecule has 1 N–H and O–H groups in total. The van der Waals surface area contributed by atoms with E-state index in [-0.39, 0.29) is 11.3 Å². The highest BCUT2D eigenvalue weighted by molar-refractivity contribution is 5.89. The van der Waals surface area contributed by atoms with Gasteiger partial charge in [-0.1, -0.05) is 20.8 Å². The Morgan fingerprint density at radius 1 is 1.47 bits per heavy atom. The number of nitrogens with one attached hydrogen (secondary N) is 1. The second-order valence-electron chi connectivity index (χ2n) is 4.70. The smallest absolute Gasteiger partial charge is 0.225 e. The third kappa shape index (κ3) is 5.10. The molecule has 1 rings (SSSR count). The van der Waals surface area contributed by atoms with Crippen LogP contribution >= 0.6 is 0 Å². The Morgan fingerprint density at radius 3 is 2.73 bits per heavy atom. The standard InChI is InChI=1S/C11H17N3O/c1-11(2,3)6-4-10(15)14-9-5-7-12-8-13-9/h5,7-8H,4,6H2,1-3H3,(H,12,13,14,15). The fraction of sp³-hybridized carbons (Fsp3) is 0.545. The van der Waals surface area contributed by atoms with Crippen molar-refractivity contribution in [3.05, 3.63) is 18.6 Å². The normalized spacial score (nSPS) is 11.1. The van der Waals surface area contributed by atoms with Crippen LogP contribution in [-0.2, 0) is 4.79 Å². The highest BCUT2D eigenvalue weighted by atomic mass is 16.1. The van der Waals surface area contributed by atoms with E-state index in [9.17, 15) is 4.79 Å². The summed E-state index contributed by atoms with van der Waals surface area (Å²) in [5.74, 6) is 0.563. The van der Waals surface area contributed by atoms with Crippen molar-refractivity contribution in [2.24, 2.45) is 5.41 Å². The Morgan fingerprint density at radius 2 is 2.20 bits per heavy atom.